The van der Waals surface area contributed by atoms with Crippen molar-refractivity contribution in [3.05, 3.63) is 60.7 Å². The smallest absolute Gasteiger partial charge is 0.193 e. The molecule has 0 unspecified atom stereocenters. The van der Waals surface area contributed by atoms with Crippen LogP contribution in [0, 0.1) is 0 Å². The molecule has 130 valence electrons. The topological polar surface area (TPSA) is 60.2 Å². The fourth-order valence-electron chi connectivity index (χ4n) is 2.99. The first-order valence-corrected chi connectivity index (χ1v) is 8.72. The molecule has 0 aliphatic heterocycles. The average Bonchev–Trinajstić information content (AvgIpc) is 3.03. The molecule has 4 rings (SSSR count). The number of phenols is 1. The summed E-state index contributed by atoms with van der Waals surface area (Å²) in [6.07, 6.45) is 0. The molecule has 0 atom stereocenters. The van der Waals surface area contributed by atoms with Crippen LogP contribution < -0.4 is 4.74 Å². The Labute approximate surface area is 156 Å². The summed E-state index contributed by atoms with van der Waals surface area (Å²) in [6.45, 7) is 2.59. The highest BCUT2D eigenvalue weighted by molar-refractivity contribution is 7.80. The lowest BCUT2D eigenvalue weighted by atomic mass is 10.1. The van der Waals surface area contributed by atoms with Crippen LogP contribution in [0.3, 0.4) is 0 Å². The summed E-state index contributed by atoms with van der Waals surface area (Å²) in [5, 5.41) is 20.6. The van der Waals surface area contributed by atoms with E-state index in [1.165, 1.54) is 0 Å². The highest BCUT2D eigenvalue weighted by Gasteiger charge is 2.15. The molecule has 1 heterocycles. The van der Waals surface area contributed by atoms with Gasteiger partial charge in [0.1, 0.15) is 11.5 Å². The summed E-state index contributed by atoms with van der Waals surface area (Å²) < 4.78 is 7.50. The molecule has 0 spiro atoms. The summed E-state index contributed by atoms with van der Waals surface area (Å²) in [5.74, 6) is 1.71. The molecule has 5 nitrogen and oxygen atoms in total. The number of rotatable bonds is 4. The van der Waals surface area contributed by atoms with Crippen LogP contribution in [0.25, 0.3) is 27.8 Å². The highest BCUT2D eigenvalue weighted by Crippen LogP contribution is 2.31. The van der Waals surface area contributed by atoms with E-state index in [1.54, 1.807) is 24.3 Å². The van der Waals surface area contributed by atoms with Gasteiger partial charge in [-0.1, -0.05) is 12.1 Å². The molecule has 6 heteroatoms. The summed E-state index contributed by atoms with van der Waals surface area (Å²) in [7, 11) is 0. The van der Waals surface area contributed by atoms with Crippen LogP contribution in [0.2, 0.25) is 0 Å². The number of aromatic nitrogens is 3. The molecule has 0 aliphatic carbocycles. The van der Waals surface area contributed by atoms with Crippen molar-refractivity contribution in [2.24, 2.45) is 0 Å². The summed E-state index contributed by atoms with van der Waals surface area (Å²) in [4.78, 5) is 0. The van der Waals surface area contributed by atoms with E-state index < -0.39 is 0 Å². The zero-order valence-electron chi connectivity index (χ0n) is 14.1. The second-order valence-corrected chi connectivity index (χ2v) is 6.20. The van der Waals surface area contributed by atoms with E-state index in [2.05, 4.69) is 22.8 Å². The summed E-state index contributed by atoms with van der Waals surface area (Å²) in [5.41, 5.74) is 1.78. The first-order valence-electron chi connectivity index (χ1n) is 8.27. The minimum absolute atomic E-state index is 0.208. The third kappa shape index (κ3) is 2.88. The van der Waals surface area contributed by atoms with Gasteiger partial charge in [-0.3, -0.25) is 4.57 Å². The van der Waals surface area contributed by atoms with Crippen molar-refractivity contribution in [1.82, 2.24) is 14.8 Å². The molecule has 0 bridgehead atoms. The van der Waals surface area contributed by atoms with E-state index in [-0.39, 0.29) is 5.75 Å². The molecule has 26 heavy (non-hydrogen) atoms. The number of phenolic OH excluding ortho intramolecular Hbond substituents is 1. The second-order valence-electron chi connectivity index (χ2n) is 5.80. The monoisotopic (exact) mass is 363 g/mol. The highest BCUT2D eigenvalue weighted by atomic mass is 32.1. The molecule has 1 aromatic heterocycles. The molecule has 0 amide bonds. The van der Waals surface area contributed by atoms with Crippen molar-refractivity contribution in [3.63, 3.8) is 0 Å². The van der Waals surface area contributed by atoms with Crippen molar-refractivity contribution >= 4 is 23.4 Å². The lowest BCUT2D eigenvalue weighted by molar-refractivity contribution is 0.341. The zero-order valence-corrected chi connectivity index (χ0v) is 15.0. The van der Waals surface area contributed by atoms with Crippen molar-refractivity contribution in [3.8, 4) is 28.6 Å². The fourth-order valence-corrected chi connectivity index (χ4v) is 3.24. The predicted molar refractivity (Wildman–Crippen MR) is 104 cm³/mol. The predicted octanol–water partition coefficient (Wildman–Crippen LogP) is 4.48. The largest absolute Gasteiger partial charge is 0.508 e. The van der Waals surface area contributed by atoms with Crippen molar-refractivity contribution in [2.45, 2.75) is 12.1 Å². The standard InChI is InChI=1S/C20H17N3O2S/c1-2-25-16-10-11-17-14(12-16)4-3-5-18(17)23-19(21-22-20(23)26)13-6-8-15(24)9-7-13/h3-12,24H,2H2,1H3,(H,22,26). The normalized spacial score (nSPS) is 11.0. The molecule has 0 radical (unpaired) electrons. The van der Waals surface area contributed by atoms with Crippen LogP contribution in [-0.4, -0.2) is 26.5 Å². The van der Waals surface area contributed by atoms with Crippen LogP contribution >= 0.6 is 12.6 Å². The third-order valence-corrected chi connectivity index (χ3v) is 4.44. The van der Waals surface area contributed by atoms with Gasteiger partial charge in [-0.2, -0.15) is 0 Å². The van der Waals surface area contributed by atoms with Crippen LogP contribution in [0.5, 0.6) is 11.5 Å². The van der Waals surface area contributed by atoms with E-state index >= 15 is 0 Å². The van der Waals surface area contributed by atoms with Crippen molar-refractivity contribution in [2.75, 3.05) is 6.61 Å². The number of hydrogen-bond donors (Lipinski definition) is 2. The van der Waals surface area contributed by atoms with Gasteiger partial charge in [-0.15, -0.1) is 22.8 Å². The average molecular weight is 363 g/mol. The van der Waals surface area contributed by atoms with Crippen LogP contribution in [0.4, 0.5) is 0 Å². The van der Waals surface area contributed by atoms with Crippen molar-refractivity contribution < 1.29 is 9.84 Å². The summed E-state index contributed by atoms with van der Waals surface area (Å²) in [6, 6.07) is 18.9. The number of thiol groups is 1. The fraction of sp³-hybridized carbons (Fsp3) is 0.100. The van der Waals surface area contributed by atoms with Gasteiger partial charge >= 0.3 is 0 Å². The van der Waals surface area contributed by atoms with Crippen LogP contribution in [-0.2, 0) is 0 Å². The Balaban J connectivity index is 1.91. The minimum atomic E-state index is 0.208. The number of ether oxygens (including phenoxy) is 1. The number of nitrogens with zero attached hydrogens (tertiary/aromatic N) is 3. The SMILES string of the molecule is CCOc1ccc2c(-n3c(S)nnc3-c3ccc(O)cc3)cccc2c1. The Morgan fingerprint density at radius 3 is 2.62 bits per heavy atom. The van der Waals surface area contributed by atoms with E-state index in [1.807, 2.05) is 47.9 Å². The Hall–Kier alpha value is -2.99. The quantitative estimate of drug-likeness (QED) is 0.525. The Morgan fingerprint density at radius 1 is 1.04 bits per heavy atom. The third-order valence-electron chi connectivity index (χ3n) is 4.15. The molecule has 0 saturated heterocycles. The molecule has 3 aromatic carbocycles. The first kappa shape index (κ1) is 16.5. The summed E-state index contributed by atoms with van der Waals surface area (Å²) >= 11 is 4.50. The molecule has 1 N–H and O–H groups in total. The lowest BCUT2D eigenvalue weighted by Crippen LogP contribution is -2.00. The molecular formula is C20H17N3O2S. The van der Waals surface area contributed by atoms with E-state index in [0.29, 0.717) is 17.6 Å². The maximum absolute atomic E-state index is 9.54. The van der Waals surface area contributed by atoms with E-state index in [0.717, 1.165) is 27.8 Å². The first-order chi connectivity index (χ1) is 12.7. The Bertz CT molecular complexity index is 1070. The van der Waals surface area contributed by atoms with Gasteiger partial charge in [-0.25, -0.2) is 0 Å². The van der Waals surface area contributed by atoms with E-state index in [4.69, 9.17) is 4.74 Å². The number of hydrogen-bond acceptors (Lipinski definition) is 5. The van der Waals surface area contributed by atoms with Gasteiger partial charge in [0.25, 0.3) is 0 Å². The van der Waals surface area contributed by atoms with Gasteiger partial charge in [0.05, 0.1) is 12.3 Å². The Morgan fingerprint density at radius 2 is 1.85 bits per heavy atom. The second kappa shape index (κ2) is 6.72. The van der Waals surface area contributed by atoms with Crippen molar-refractivity contribution in [1.29, 1.82) is 0 Å². The van der Waals surface area contributed by atoms with Crippen LogP contribution in [0.15, 0.2) is 65.8 Å². The van der Waals surface area contributed by atoms with Crippen LogP contribution in [0.1, 0.15) is 6.92 Å². The number of aromatic hydroxyl groups is 1. The molecule has 4 aromatic rings. The van der Waals surface area contributed by atoms with Gasteiger partial charge < -0.3 is 9.84 Å². The molecule has 0 aliphatic rings. The number of fused-ring (bicyclic) bond motifs is 1. The maximum atomic E-state index is 9.54. The van der Waals surface area contributed by atoms with Gasteiger partial charge in [0, 0.05) is 10.9 Å². The molecular weight excluding hydrogens is 346 g/mol. The Kier molecular flexibility index (Phi) is 4.26. The van der Waals surface area contributed by atoms with E-state index in [9.17, 15) is 5.11 Å². The molecule has 0 saturated carbocycles. The van der Waals surface area contributed by atoms with Gasteiger partial charge in [-0.05, 0) is 60.8 Å². The number of benzene rings is 3. The van der Waals surface area contributed by atoms with Gasteiger partial charge in [0.2, 0.25) is 0 Å². The molecule has 0 fully saturated rings. The lowest BCUT2D eigenvalue weighted by Gasteiger charge is -2.13. The van der Waals surface area contributed by atoms with Gasteiger partial charge in [0.15, 0.2) is 11.0 Å². The minimum Gasteiger partial charge on any atom is -0.508 e. The maximum Gasteiger partial charge on any atom is 0.193 e. The zero-order chi connectivity index (χ0) is 18.1.